The van der Waals surface area contributed by atoms with E-state index in [1.807, 2.05) is 6.07 Å². The number of nitrogens with zero attached hydrogens (tertiary/aromatic N) is 2. The van der Waals surface area contributed by atoms with Crippen molar-refractivity contribution >= 4 is 47.1 Å². The lowest BCUT2D eigenvalue weighted by Crippen LogP contribution is -2.12. The Labute approximate surface area is 161 Å². The second kappa shape index (κ2) is 7.26. The van der Waals surface area contributed by atoms with Crippen LogP contribution in [0.25, 0.3) is 10.2 Å². The number of hydrogen-bond donors (Lipinski definition) is 1. The maximum Gasteiger partial charge on any atom is 0.261 e. The van der Waals surface area contributed by atoms with Crippen LogP contribution in [0, 0.1) is 11.3 Å². The zero-order valence-electron chi connectivity index (χ0n) is 14.2. The van der Waals surface area contributed by atoms with E-state index in [4.69, 9.17) is 5.26 Å². The number of thiazole rings is 1. The molecule has 0 amide bonds. The smallest absolute Gasteiger partial charge is 0.261 e. The van der Waals surface area contributed by atoms with Gasteiger partial charge in [0.1, 0.15) is 0 Å². The molecule has 1 N–H and O–H groups in total. The van der Waals surface area contributed by atoms with Gasteiger partial charge >= 0.3 is 0 Å². The average molecular weight is 422 g/mol. The number of anilines is 1. The molecule has 0 unspecified atom stereocenters. The van der Waals surface area contributed by atoms with E-state index in [1.165, 1.54) is 30.3 Å². The first-order valence-corrected chi connectivity index (χ1v) is 11.9. The molecule has 0 radical (unpaired) electrons. The lowest BCUT2D eigenvalue weighted by atomic mass is 10.2. The Kier molecular flexibility index (Phi) is 5.19. The third kappa shape index (κ3) is 4.10. The molecule has 0 spiro atoms. The molecule has 0 aliphatic carbocycles. The van der Waals surface area contributed by atoms with Crippen molar-refractivity contribution < 1.29 is 16.8 Å². The van der Waals surface area contributed by atoms with Crippen LogP contribution in [0.3, 0.4) is 0 Å². The largest absolute Gasteiger partial charge is 0.280 e. The maximum absolute atomic E-state index is 12.5. The van der Waals surface area contributed by atoms with Crippen LogP contribution >= 0.6 is 11.3 Å². The van der Waals surface area contributed by atoms with Gasteiger partial charge in [-0.15, -0.1) is 11.3 Å². The number of rotatable bonds is 6. The Morgan fingerprint density at radius 3 is 2.44 bits per heavy atom. The lowest BCUT2D eigenvalue weighted by Gasteiger charge is -2.08. The monoisotopic (exact) mass is 421 g/mol. The lowest BCUT2D eigenvalue weighted by molar-refractivity contribution is 0.594. The molecule has 3 aromatic rings. The Bertz CT molecular complexity index is 1240. The van der Waals surface area contributed by atoms with Gasteiger partial charge in [0, 0.05) is 0 Å². The van der Waals surface area contributed by atoms with Gasteiger partial charge in [0.25, 0.3) is 10.0 Å². The minimum absolute atomic E-state index is 0.0188. The van der Waals surface area contributed by atoms with Gasteiger partial charge in [0.15, 0.2) is 0 Å². The molecule has 0 fully saturated rings. The molecule has 0 aliphatic heterocycles. The predicted molar refractivity (Wildman–Crippen MR) is 104 cm³/mol. The molecular weight excluding hydrogens is 406 g/mol. The van der Waals surface area contributed by atoms with Gasteiger partial charge in [-0.05, 0) is 48.9 Å². The van der Waals surface area contributed by atoms with E-state index < -0.39 is 19.9 Å². The molecule has 1 heterocycles. The molecule has 140 valence electrons. The van der Waals surface area contributed by atoms with Crippen LogP contribution in [0.15, 0.2) is 51.7 Å². The third-order valence-corrected chi connectivity index (χ3v) is 8.44. The molecule has 1 aromatic heterocycles. The van der Waals surface area contributed by atoms with E-state index in [0.717, 1.165) is 11.3 Å². The minimum atomic E-state index is -3.83. The highest BCUT2D eigenvalue weighted by Gasteiger charge is 2.19. The summed E-state index contributed by atoms with van der Waals surface area (Å²) in [6, 6.07) is 12.1. The fraction of sp³-hybridized carbons (Fsp3) is 0.176. The molecule has 0 saturated heterocycles. The summed E-state index contributed by atoms with van der Waals surface area (Å²) in [6.45, 7) is 1.78. The van der Waals surface area contributed by atoms with Crippen LogP contribution in [0.1, 0.15) is 18.9 Å². The van der Waals surface area contributed by atoms with Crippen molar-refractivity contribution in [3.8, 4) is 6.07 Å². The van der Waals surface area contributed by atoms with Crippen LogP contribution in [-0.2, 0) is 19.9 Å². The number of nitriles is 1. The van der Waals surface area contributed by atoms with Crippen LogP contribution in [0.5, 0.6) is 0 Å². The normalized spacial score (nSPS) is 12.0. The van der Waals surface area contributed by atoms with Gasteiger partial charge in [-0.2, -0.15) is 5.26 Å². The van der Waals surface area contributed by atoms with Crippen molar-refractivity contribution in [3.05, 3.63) is 48.0 Å². The van der Waals surface area contributed by atoms with Gasteiger partial charge in [-0.25, -0.2) is 21.8 Å². The quantitative estimate of drug-likeness (QED) is 0.653. The van der Waals surface area contributed by atoms with Gasteiger partial charge < -0.3 is 0 Å². The van der Waals surface area contributed by atoms with E-state index in [2.05, 4.69) is 9.71 Å². The Hall–Kier alpha value is -2.48. The van der Waals surface area contributed by atoms with E-state index in [1.54, 1.807) is 19.1 Å². The Morgan fingerprint density at radius 1 is 1.11 bits per heavy atom. The molecule has 10 heteroatoms. The average Bonchev–Trinajstić information content (AvgIpc) is 3.06. The number of sulfonamides is 1. The number of hydrogen-bond acceptors (Lipinski definition) is 7. The summed E-state index contributed by atoms with van der Waals surface area (Å²) < 4.78 is 52.4. The van der Waals surface area contributed by atoms with Crippen LogP contribution in [0.2, 0.25) is 0 Å². The standard InChI is InChI=1S/C17H15N3O4S3/c1-2-9-26(21,22)17-19-15-8-5-13(10-16(15)25-17)20-27(23,24)14-6-3-12(11-18)4-7-14/h3-8,10,20H,2,9H2,1H3. The number of aromatic nitrogens is 1. The maximum atomic E-state index is 12.5. The number of sulfone groups is 1. The molecule has 0 atom stereocenters. The molecule has 0 saturated carbocycles. The SMILES string of the molecule is CCCS(=O)(=O)c1nc2ccc(NS(=O)(=O)c3ccc(C#N)cc3)cc2s1. The Balaban J connectivity index is 1.92. The number of fused-ring (bicyclic) bond motifs is 1. The van der Waals surface area contributed by atoms with Crippen LogP contribution in [-0.4, -0.2) is 27.6 Å². The first kappa shape index (κ1) is 19.3. The fourth-order valence-corrected chi connectivity index (χ4v) is 6.14. The van der Waals surface area contributed by atoms with Crippen molar-refractivity contribution in [1.82, 2.24) is 4.98 Å². The highest BCUT2D eigenvalue weighted by Crippen LogP contribution is 2.29. The second-order valence-corrected chi connectivity index (χ2v) is 10.7. The first-order valence-electron chi connectivity index (χ1n) is 7.91. The van der Waals surface area contributed by atoms with Crippen molar-refractivity contribution in [2.75, 3.05) is 10.5 Å². The van der Waals surface area contributed by atoms with Gasteiger partial charge in [-0.1, -0.05) is 6.92 Å². The highest BCUT2D eigenvalue weighted by atomic mass is 32.2. The summed E-state index contributed by atoms with van der Waals surface area (Å²) in [4.78, 5) is 4.17. The van der Waals surface area contributed by atoms with Crippen LogP contribution < -0.4 is 4.72 Å². The highest BCUT2D eigenvalue weighted by molar-refractivity contribution is 7.93. The molecule has 27 heavy (non-hydrogen) atoms. The van der Waals surface area contributed by atoms with Crippen molar-refractivity contribution in [3.63, 3.8) is 0 Å². The first-order chi connectivity index (χ1) is 12.7. The summed E-state index contributed by atoms with van der Waals surface area (Å²) in [7, 11) is -7.26. The number of benzene rings is 2. The molecule has 2 aromatic carbocycles. The van der Waals surface area contributed by atoms with E-state index >= 15 is 0 Å². The zero-order valence-corrected chi connectivity index (χ0v) is 16.7. The van der Waals surface area contributed by atoms with Crippen molar-refractivity contribution in [2.45, 2.75) is 22.6 Å². The topological polar surface area (TPSA) is 117 Å². The summed E-state index contributed by atoms with van der Waals surface area (Å²) in [5, 5.41) is 8.80. The van der Waals surface area contributed by atoms with Crippen LogP contribution in [0.4, 0.5) is 5.69 Å². The third-order valence-electron chi connectivity index (χ3n) is 3.65. The summed E-state index contributed by atoms with van der Waals surface area (Å²) in [5.74, 6) is 0.0188. The Morgan fingerprint density at radius 2 is 1.81 bits per heavy atom. The fourth-order valence-electron chi connectivity index (χ4n) is 2.38. The zero-order chi connectivity index (χ0) is 19.7. The molecule has 7 nitrogen and oxygen atoms in total. The van der Waals surface area contributed by atoms with E-state index in [0.29, 0.717) is 27.9 Å². The summed E-state index contributed by atoms with van der Waals surface area (Å²) in [5.41, 5.74) is 1.16. The molecule has 3 rings (SSSR count). The molecule has 0 bridgehead atoms. The predicted octanol–water partition coefficient (Wildman–Crippen LogP) is 3.15. The van der Waals surface area contributed by atoms with Gasteiger partial charge in [0.2, 0.25) is 14.2 Å². The second-order valence-electron chi connectivity index (χ2n) is 5.72. The van der Waals surface area contributed by atoms with E-state index in [-0.39, 0.29) is 15.0 Å². The van der Waals surface area contributed by atoms with Crippen molar-refractivity contribution in [1.29, 1.82) is 5.26 Å². The summed E-state index contributed by atoms with van der Waals surface area (Å²) >= 11 is 1.02. The summed E-state index contributed by atoms with van der Waals surface area (Å²) in [6.07, 6.45) is 0.494. The number of nitrogens with one attached hydrogen (secondary N) is 1. The minimum Gasteiger partial charge on any atom is -0.280 e. The van der Waals surface area contributed by atoms with Gasteiger partial charge in [-0.3, -0.25) is 4.72 Å². The molecular formula is C17H15N3O4S3. The molecule has 0 aliphatic rings. The van der Waals surface area contributed by atoms with E-state index in [9.17, 15) is 16.8 Å². The van der Waals surface area contributed by atoms with Gasteiger partial charge in [0.05, 0.1) is 38.2 Å². The van der Waals surface area contributed by atoms with Crippen molar-refractivity contribution in [2.24, 2.45) is 0 Å².